The Morgan fingerprint density at radius 3 is 2.55 bits per heavy atom. The summed E-state index contributed by atoms with van der Waals surface area (Å²) in [7, 11) is 0. The number of rotatable bonds is 9. The van der Waals surface area contributed by atoms with Crippen molar-refractivity contribution in [3.8, 4) is 5.75 Å². The van der Waals surface area contributed by atoms with Crippen molar-refractivity contribution in [1.82, 2.24) is 15.1 Å². The molecule has 2 amide bonds. The Kier molecular flexibility index (Phi) is 9.45. The van der Waals surface area contributed by atoms with E-state index in [1.807, 2.05) is 13.8 Å². The van der Waals surface area contributed by atoms with E-state index in [0.717, 1.165) is 51.7 Å². The van der Waals surface area contributed by atoms with Gasteiger partial charge in [0, 0.05) is 23.2 Å². The Bertz CT molecular complexity index is 806. The lowest BCUT2D eigenvalue weighted by molar-refractivity contribution is -0.146. The average molecular weight is 478 g/mol. The van der Waals surface area contributed by atoms with Gasteiger partial charge in [-0.05, 0) is 63.0 Å². The van der Waals surface area contributed by atoms with Gasteiger partial charge in [-0.1, -0.05) is 58.6 Å². The molecule has 2 aliphatic rings. The molecular formula is C26H40ClN3O3. The molecule has 1 aromatic carbocycles. The number of nitrogens with one attached hydrogen (secondary N) is 1. The van der Waals surface area contributed by atoms with E-state index in [2.05, 4.69) is 24.1 Å². The molecule has 3 rings (SSSR count). The normalized spacial score (nSPS) is 21.7. The topological polar surface area (TPSA) is 61.9 Å². The molecule has 184 valence electrons. The summed E-state index contributed by atoms with van der Waals surface area (Å²) in [6.07, 6.45) is 5.61. The lowest BCUT2D eigenvalue weighted by Gasteiger charge is -2.33. The monoisotopic (exact) mass is 477 g/mol. The summed E-state index contributed by atoms with van der Waals surface area (Å²) in [6, 6.07) is 4.75. The third-order valence-corrected chi connectivity index (χ3v) is 7.17. The lowest BCUT2D eigenvalue weighted by Crippen LogP contribution is -2.50. The molecule has 1 aliphatic carbocycles. The van der Waals surface area contributed by atoms with Crippen molar-refractivity contribution in [1.29, 1.82) is 0 Å². The number of benzene rings is 1. The Labute approximate surface area is 204 Å². The van der Waals surface area contributed by atoms with Crippen molar-refractivity contribution in [2.75, 3.05) is 26.2 Å². The van der Waals surface area contributed by atoms with E-state index in [9.17, 15) is 9.59 Å². The number of ether oxygens (including phenoxy) is 1. The third kappa shape index (κ3) is 6.42. The van der Waals surface area contributed by atoms with Gasteiger partial charge in [0.25, 0.3) is 5.91 Å². The van der Waals surface area contributed by atoms with Gasteiger partial charge >= 0.3 is 0 Å². The quantitative estimate of drug-likeness (QED) is 0.554. The molecule has 0 radical (unpaired) electrons. The summed E-state index contributed by atoms with van der Waals surface area (Å²) in [5, 5.41) is 3.78. The molecule has 1 heterocycles. The Morgan fingerprint density at radius 2 is 1.91 bits per heavy atom. The highest BCUT2D eigenvalue weighted by Gasteiger charge is 2.42. The summed E-state index contributed by atoms with van der Waals surface area (Å²) in [5.74, 6) is 0.295. The van der Waals surface area contributed by atoms with Crippen LogP contribution in [0.3, 0.4) is 0 Å². The van der Waals surface area contributed by atoms with Gasteiger partial charge in [-0.3, -0.25) is 9.59 Å². The summed E-state index contributed by atoms with van der Waals surface area (Å²) in [4.78, 5) is 31.5. The fourth-order valence-corrected chi connectivity index (χ4v) is 5.14. The molecule has 2 atom stereocenters. The van der Waals surface area contributed by atoms with Crippen LogP contribution in [0, 0.1) is 5.92 Å². The van der Waals surface area contributed by atoms with Gasteiger partial charge in [0.05, 0.1) is 0 Å². The van der Waals surface area contributed by atoms with Crippen LogP contribution in [0.5, 0.6) is 5.75 Å². The van der Waals surface area contributed by atoms with Gasteiger partial charge in [0.1, 0.15) is 11.8 Å². The number of hydrogen-bond acceptors (Lipinski definition) is 4. The van der Waals surface area contributed by atoms with E-state index in [-0.39, 0.29) is 23.8 Å². The second kappa shape index (κ2) is 12.1. The number of carbonyl (C=O) groups excluding carboxylic acids is 2. The molecule has 2 unspecified atom stereocenters. The molecule has 0 spiro atoms. The van der Waals surface area contributed by atoms with E-state index in [1.165, 1.54) is 6.42 Å². The first kappa shape index (κ1) is 25.8. The highest BCUT2D eigenvalue weighted by atomic mass is 35.5. The van der Waals surface area contributed by atoms with Gasteiger partial charge < -0.3 is 19.9 Å². The van der Waals surface area contributed by atoms with Crippen LogP contribution in [-0.4, -0.2) is 59.9 Å². The van der Waals surface area contributed by atoms with Crippen molar-refractivity contribution in [3.05, 3.63) is 28.8 Å². The summed E-state index contributed by atoms with van der Waals surface area (Å²) in [5.41, 5.74) is 0.676. The molecule has 33 heavy (non-hydrogen) atoms. The van der Waals surface area contributed by atoms with Crippen molar-refractivity contribution in [3.63, 3.8) is 0 Å². The van der Waals surface area contributed by atoms with Gasteiger partial charge in [-0.2, -0.15) is 0 Å². The van der Waals surface area contributed by atoms with Crippen LogP contribution in [0.25, 0.3) is 0 Å². The van der Waals surface area contributed by atoms with Crippen molar-refractivity contribution in [2.24, 2.45) is 5.92 Å². The van der Waals surface area contributed by atoms with E-state index >= 15 is 0 Å². The fraction of sp³-hybridized carbons (Fsp3) is 0.692. The van der Waals surface area contributed by atoms with Crippen LogP contribution in [0.4, 0.5) is 0 Å². The maximum Gasteiger partial charge on any atom is 0.264 e. The highest BCUT2D eigenvalue weighted by Crippen LogP contribution is 2.38. The molecule has 1 aliphatic heterocycles. The molecule has 1 aromatic rings. The molecule has 1 saturated carbocycles. The maximum atomic E-state index is 13.7. The minimum absolute atomic E-state index is 0.0218. The number of amides is 2. The van der Waals surface area contributed by atoms with Gasteiger partial charge in [0.2, 0.25) is 5.91 Å². The molecule has 0 saturated heterocycles. The first-order valence-corrected chi connectivity index (χ1v) is 13.0. The van der Waals surface area contributed by atoms with Crippen molar-refractivity contribution in [2.45, 2.75) is 84.4 Å². The molecule has 0 aromatic heterocycles. The minimum Gasteiger partial charge on any atom is -0.480 e. The minimum atomic E-state index is -0.742. The number of halogens is 1. The first-order valence-electron chi connectivity index (χ1n) is 12.6. The number of nitrogens with zero attached hydrogens (tertiary/aromatic N) is 2. The molecule has 7 heteroatoms. The third-order valence-electron chi connectivity index (χ3n) is 6.93. The molecular weight excluding hydrogens is 438 g/mol. The lowest BCUT2D eigenvalue weighted by atomic mass is 9.94. The Morgan fingerprint density at radius 1 is 1.21 bits per heavy atom. The van der Waals surface area contributed by atoms with Crippen LogP contribution >= 0.6 is 11.6 Å². The zero-order valence-corrected chi connectivity index (χ0v) is 21.4. The summed E-state index contributed by atoms with van der Waals surface area (Å²) in [6.45, 7) is 11.5. The summed E-state index contributed by atoms with van der Waals surface area (Å²) >= 11 is 6.36. The maximum absolute atomic E-state index is 13.7. The van der Waals surface area contributed by atoms with Crippen LogP contribution in [0.1, 0.15) is 77.8 Å². The smallest absolute Gasteiger partial charge is 0.264 e. The van der Waals surface area contributed by atoms with Crippen molar-refractivity contribution >= 4 is 23.4 Å². The van der Waals surface area contributed by atoms with Crippen LogP contribution in [0.15, 0.2) is 18.2 Å². The largest absolute Gasteiger partial charge is 0.480 e. The number of hydrogen-bond donors (Lipinski definition) is 1. The predicted octanol–water partition coefficient (Wildman–Crippen LogP) is 4.81. The van der Waals surface area contributed by atoms with E-state index in [0.29, 0.717) is 22.9 Å². The second-order valence-corrected chi connectivity index (χ2v) is 10.1. The highest BCUT2D eigenvalue weighted by molar-refractivity contribution is 6.30. The second-order valence-electron chi connectivity index (χ2n) is 9.62. The fourth-order valence-electron chi connectivity index (χ4n) is 4.96. The zero-order chi connectivity index (χ0) is 24.0. The van der Waals surface area contributed by atoms with Gasteiger partial charge in [-0.15, -0.1) is 0 Å². The SMILES string of the molecule is CCN(CC)CCCN1C(=O)C(C(C)C)Oc2ccc(Cl)cc2C1C(=O)NC1CCCCC1. The van der Waals surface area contributed by atoms with E-state index < -0.39 is 12.1 Å². The Balaban J connectivity index is 1.95. The molecule has 1 fully saturated rings. The van der Waals surface area contributed by atoms with E-state index in [4.69, 9.17) is 16.3 Å². The Hall–Kier alpha value is -1.79. The predicted molar refractivity (Wildman–Crippen MR) is 133 cm³/mol. The van der Waals surface area contributed by atoms with Crippen molar-refractivity contribution < 1.29 is 14.3 Å². The van der Waals surface area contributed by atoms with Crippen LogP contribution in [0.2, 0.25) is 5.02 Å². The number of carbonyl (C=O) groups is 2. The molecule has 6 nitrogen and oxygen atoms in total. The number of fused-ring (bicyclic) bond motifs is 1. The first-order chi connectivity index (χ1) is 15.8. The standard InChI is InChI=1S/C26H40ClN3O3/c1-5-29(6-2)15-10-16-30-23(25(31)28-20-11-8-7-9-12-20)21-17-19(27)13-14-22(21)33-24(18(3)4)26(30)32/h13-14,17-18,20,23-24H,5-12,15-16H2,1-4H3,(H,28,31). The van der Waals surface area contributed by atoms with E-state index in [1.54, 1.807) is 23.1 Å². The van der Waals surface area contributed by atoms with Gasteiger partial charge in [0.15, 0.2) is 6.10 Å². The summed E-state index contributed by atoms with van der Waals surface area (Å²) < 4.78 is 6.22. The van der Waals surface area contributed by atoms with Crippen LogP contribution in [-0.2, 0) is 9.59 Å². The zero-order valence-electron chi connectivity index (χ0n) is 20.6. The van der Waals surface area contributed by atoms with Crippen LogP contribution < -0.4 is 10.1 Å². The van der Waals surface area contributed by atoms with Gasteiger partial charge in [-0.25, -0.2) is 0 Å². The molecule has 1 N–H and O–H groups in total. The molecule has 0 bridgehead atoms. The average Bonchev–Trinajstić information content (AvgIpc) is 2.92.